The first-order valence-corrected chi connectivity index (χ1v) is 7.87. The fourth-order valence-electron chi connectivity index (χ4n) is 2.21. The van der Waals surface area contributed by atoms with Gasteiger partial charge in [-0.3, -0.25) is 29.8 Å². The number of rotatable bonds is 6. The second-order valence-corrected chi connectivity index (χ2v) is 5.64. The highest BCUT2D eigenvalue weighted by Crippen LogP contribution is 2.25. The summed E-state index contributed by atoms with van der Waals surface area (Å²) in [5.74, 6) is -0.950. The highest BCUT2D eigenvalue weighted by atomic mass is 16.6. The second kappa shape index (κ2) is 8.04. The van der Waals surface area contributed by atoms with Gasteiger partial charge in [0.05, 0.1) is 21.5 Å². The first kappa shape index (κ1) is 19.5. The smallest absolute Gasteiger partial charge is 0.277 e. The van der Waals surface area contributed by atoms with Crippen LogP contribution in [-0.2, 0) is 4.79 Å². The number of aryl methyl sites for hydroxylation is 1. The molecule has 2 rings (SSSR count). The van der Waals surface area contributed by atoms with Gasteiger partial charge in [-0.25, -0.2) is 0 Å². The van der Waals surface area contributed by atoms with Gasteiger partial charge in [-0.2, -0.15) is 0 Å². The molecule has 10 nitrogen and oxygen atoms in total. The van der Waals surface area contributed by atoms with Crippen LogP contribution in [0.2, 0.25) is 0 Å². The highest BCUT2D eigenvalue weighted by molar-refractivity contribution is 6.05. The summed E-state index contributed by atoms with van der Waals surface area (Å²) in [4.78, 5) is 44.2. The van der Waals surface area contributed by atoms with Crippen molar-refractivity contribution in [2.45, 2.75) is 20.3 Å². The molecule has 2 amide bonds. The summed E-state index contributed by atoms with van der Waals surface area (Å²) in [5.41, 5.74) is 0.260. The van der Waals surface area contributed by atoms with Crippen molar-refractivity contribution < 1.29 is 19.4 Å². The minimum atomic E-state index is -0.811. The average Bonchev–Trinajstić information content (AvgIpc) is 2.63. The molecule has 0 saturated carbocycles. The van der Waals surface area contributed by atoms with Gasteiger partial charge in [0.15, 0.2) is 0 Å². The lowest BCUT2D eigenvalue weighted by atomic mass is 10.1. The molecule has 0 bridgehead atoms. The van der Waals surface area contributed by atoms with Gasteiger partial charge in [-0.1, -0.05) is 13.0 Å². The number of carbonyl (C=O) groups excluding carboxylic acids is 2. The van der Waals surface area contributed by atoms with E-state index in [1.165, 1.54) is 6.07 Å². The van der Waals surface area contributed by atoms with E-state index in [2.05, 4.69) is 10.6 Å². The Bertz CT molecular complexity index is 909. The number of nitro groups is 2. The summed E-state index contributed by atoms with van der Waals surface area (Å²) in [6.07, 6.45) is 0.285. The molecule has 2 N–H and O–H groups in total. The summed E-state index contributed by atoms with van der Waals surface area (Å²) in [7, 11) is 0. The molecule has 0 aliphatic rings. The monoisotopic (exact) mass is 372 g/mol. The molecule has 0 saturated heterocycles. The molecule has 27 heavy (non-hydrogen) atoms. The number of amides is 2. The van der Waals surface area contributed by atoms with Crippen LogP contribution in [0.3, 0.4) is 0 Å². The van der Waals surface area contributed by atoms with Crippen molar-refractivity contribution in [2.24, 2.45) is 0 Å². The molecule has 0 radical (unpaired) electrons. The van der Waals surface area contributed by atoms with Crippen molar-refractivity contribution in [1.29, 1.82) is 0 Å². The normalized spacial score (nSPS) is 10.1. The first-order chi connectivity index (χ1) is 12.7. The van der Waals surface area contributed by atoms with Gasteiger partial charge in [-0.05, 0) is 24.6 Å². The summed E-state index contributed by atoms with van der Waals surface area (Å²) in [6.45, 7) is 3.48. The Morgan fingerprint density at radius 3 is 2.07 bits per heavy atom. The maximum absolute atomic E-state index is 12.4. The topological polar surface area (TPSA) is 144 Å². The van der Waals surface area contributed by atoms with E-state index in [-0.39, 0.29) is 17.9 Å². The minimum absolute atomic E-state index is 0.198. The molecule has 0 aromatic heterocycles. The van der Waals surface area contributed by atoms with E-state index in [1.54, 1.807) is 26.0 Å². The number of anilines is 2. The molecule has 10 heteroatoms. The van der Waals surface area contributed by atoms with Crippen LogP contribution < -0.4 is 10.6 Å². The highest BCUT2D eigenvalue weighted by Gasteiger charge is 2.20. The van der Waals surface area contributed by atoms with Crippen molar-refractivity contribution in [3.8, 4) is 0 Å². The Morgan fingerprint density at radius 2 is 1.56 bits per heavy atom. The van der Waals surface area contributed by atoms with E-state index in [0.29, 0.717) is 11.4 Å². The lowest BCUT2D eigenvalue weighted by molar-refractivity contribution is -0.394. The van der Waals surface area contributed by atoms with E-state index in [1.807, 2.05) is 0 Å². The van der Waals surface area contributed by atoms with E-state index in [9.17, 15) is 29.8 Å². The maximum atomic E-state index is 12.4. The zero-order valence-electron chi connectivity index (χ0n) is 14.5. The molecule has 2 aromatic rings. The number of non-ortho nitro benzene ring substituents is 2. The van der Waals surface area contributed by atoms with E-state index in [4.69, 9.17) is 0 Å². The molecule has 0 aliphatic heterocycles. The number of nitro benzene ring substituents is 2. The number of benzene rings is 2. The molecule has 0 unspecified atom stereocenters. The average molecular weight is 372 g/mol. The van der Waals surface area contributed by atoms with Gasteiger partial charge in [0, 0.05) is 29.9 Å². The van der Waals surface area contributed by atoms with Gasteiger partial charge < -0.3 is 10.6 Å². The molecular weight excluding hydrogens is 356 g/mol. The Kier molecular flexibility index (Phi) is 5.81. The molecule has 140 valence electrons. The van der Waals surface area contributed by atoms with Gasteiger partial charge in [0.25, 0.3) is 17.3 Å². The van der Waals surface area contributed by atoms with E-state index in [0.717, 1.165) is 23.8 Å². The Hall–Kier alpha value is -3.82. The molecule has 0 spiro atoms. The third kappa shape index (κ3) is 4.84. The van der Waals surface area contributed by atoms with Crippen LogP contribution in [0.15, 0.2) is 36.4 Å². The van der Waals surface area contributed by atoms with Crippen molar-refractivity contribution in [3.05, 3.63) is 67.8 Å². The van der Waals surface area contributed by atoms with Gasteiger partial charge in [0.2, 0.25) is 5.91 Å². The van der Waals surface area contributed by atoms with Gasteiger partial charge in [0.1, 0.15) is 0 Å². The third-order valence-electron chi connectivity index (χ3n) is 3.68. The van der Waals surface area contributed by atoms with E-state index < -0.39 is 27.1 Å². The predicted molar refractivity (Wildman–Crippen MR) is 97.8 cm³/mol. The molecule has 2 aromatic carbocycles. The van der Waals surface area contributed by atoms with Gasteiger partial charge >= 0.3 is 0 Å². The number of carbonyl (C=O) groups is 2. The Morgan fingerprint density at radius 1 is 0.963 bits per heavy atom. The molecule has 0 aliphatic carbocycles. The standard InChI is InChI=1S/C17H16N4O6/c1-3-16(22)19-15-8-12(5-4-10(15)2)18-17(23)11-6-13(20(24)25)9-14(7-11)21(26)27/h4-9H,3H2,1-2H3,(H,18,23)(H,19,22). The predicted octanol–water partition coefficient (Wildman–Crippen LogP) is 3.41. The van der Waals surface area contributed by atoms with Crippen LogP contribution in [0.4, 0.5) is 22.7 Å². The third-order valence-corrected chi connectivity index (χ3v) is 3.68. The van der Waals surface area contributed by atoms with Crippen LogP contribution in [0.5, 0.6) is 0 Å². The zero-order chi connectivity index (χ0) is 20.1. The van der Waals surface area contributed by atoms with Crippen molar-refractivity contribution in [2.75, 3.05) is 10.6 Å². The fourth-order valence-corrected chi connectivity index (χ4v) is 2.21. The minimum Gasteiger partial charge on any atom is -0.326 e. The fraction of sp³-hybridized carbons (Fsp3) is 0.176. The molecule has 0 heterocycles. The van der Waals surface area contributed by atoms with Crippen LogP contribution in [0, 0.1) is 27.2 Å². The van der Waals surface area contributed by atoms with Crippen LogP contribution in [-0.4, -0.2) is 21.7 Å². The summed E-state index contributed by atoms with van der Waals surface area (Å²) < 4.78 is 0. The van der Waals surface area contributed by atoms with Crippen molar-refractivity contribution >= 4 is 34.6 Å². The largest absolute Gasteiger partial charge is 0.326 e. The molecular formula is C17H16N4O6. The Labute approximate surface area is 153 Å². The lowest BCUT2D eigenvalue weighted by Gasteiger charge is -2.11. The van der Waals surface area contributed by atoms with Crippen molar-refractivity contribution in [3.63, 3.8) is 0 Å². The first-order valence-electron chi connectivity index (χ1n) is 7.87. The van der Waals surface area contributed by atoms with Crippen LogP contribution >= 0.6 is 0 Å². The summed E-state index contributed by atoms with van der Waals surface area (Å²) >= 11 is 0. The SMILES string of the molecule is CCC(=O)Nc1cc(NC(=O)c2cc([N+](=O)[O-])cc([N+](=O)[O-])c2)ccc1C. The maximum Gasteiger partial charge on any atom is 0.277 e. The van der Waals surface area contributed by atoms with Crippen LogP contribution in [0.25, 0.3) is 0 Å². The Balaban J connectivity index is 2.32. The summed E-state index contributed by atoms with van der Waals surface area (Å²) in [6, 6.07) is 7.48. The van der Waals surface area contributed by atoms with Gasteiger partial charge in [-0.15, -0.1) is 0 Å². The lowest BCUT2D eigenvalue weighted by Crippen LogP contribution is -2.14. The molecule has 0 atom stereocenters. The van der Waals surface area contributed by atoms with Crippen LogP contribution in [0.1, 0.15) is 29.3 Å². The van der Waals surface area contributed by atoms with E-state index >= 15 is 0 Å². The number of hydrogen-bond acceptors (Lipinski definition) is 6. The zero-order valence-corrected chi connectivity index (χ0v) is 14.5. The number of nitrogens with one attached hydrogen (secondary N) is 2. The second-order valence-electron chi connectivity index (χ2n) is 5.64. The molecule has 0 fully saturated rings. The number of nitrogens with zero attached hydrogens (tertiary/aromatic N) is 2. The summed E-state index contributed by atoms with van der Waals surface area (Å²) in [5, 5.41) is 27.1. The quantitative estimate of drug-likeness (QED) is 0.587. The number of hydrogen-bond donors (Lipinski definition) is 2. The van der Waals surface area contributed by atoms with Crippen molar-refractivity contribution in [1.82, 2.24) is 0 Å².